The summed E-state index contributed by atoms with van der Waals surface area (Å²) in [5.41, 5.74) is 0.0264. The molecule has 0 heterocycles. The lowest BCUT2D eigenvalue weighted by Crippen LogP contribution is -2.44. The lowest BCUT2D eigenvalue weighted by Gasteiger charge is -2.31. The zero-order valence-corrected chi connectivity index (χ0v) is 14.8. The van der Waals surface area contributed by atoms with Gasteiger partial charge in [-0.3, -0.25) is 4.21 Å². The summed E-state index contributed by atoms with van der Waals surface area (Å²) in [5, 5.41) is 4.41. The lowest BCUT2D eigenvalue weighted by atomic mass is 9.88. The molecule has 0 saturated carbocycles. The molecule has 0 aliphatic carbocycles. The Morgan fingerprint density at radius 1 is 1.25 bits per heavy atom. The highest BCUT2D eigenvalue weighted by molar-refractivity contribution is 7.85. The number of benzene rings is 1. The highest BCUT2D eigenvalue weighted by Crippen LogP contribution is 2.30. The Labute approximate surface area is 134 Å². The summed E-state index contributed by atoms with van der Waals surface area (Å²) in [6, 6.07) is 5.37. The fourth-order valence-electron chi connectivity index (χ4n) is 1.87. The first kappa shape index (κ1) is 18.0. The van der Waals surface area contributed by atoms with E-state index in [9.17, 15) is 4.21 Å². The van der Waals surface area contributed by atoms with Crippen LogP contribution >= 0.6 is 23.2 Å². The average molecular weight is 336 g/mol. The van der Waals surface area contributed by atoms with Crippen molar-refractivity contribution in [3.8, 4) is 0 Å². The summed E-state index contributed by atoms with van der Waals surface area (Å²) in [5.74, 6) is 0.507. The van der Waals surface area contributed by atoms with Crippen molar-refractivity contribution in [1.29, 1.82) is 0 Å². The monoisotopic (exact) mass is 335 g/mol. The number of hydrogen-bond donors (Lipinski definition) is 1. The van der Waals surface area contributed by atoms with E-state index < -0.39 is 10.8 Å². The van der Waals surface area contributed by atoms with Gasteiger partial charge in [0.25, 0.3) is 0 Å². The largest absolute Gasteiger partial charge is 0.313 e. The van der Waals surface area contributed by atoms with E-state index in [1.807, 2.05) is 0 Å². The van der Waals surface area contributed by atoms with Gasteiger partial charge in [-0.05, 0) is 30.5 Å². The smallest absolute Gasteiger partial charge is 0.0760 e. The average Bonchev–Trinajstić information content (AvgIpc) is 2.32. The van der Waals surface area contributed by atoms with Gasteiger partial charge < -0.3 is 5.32 Å². The van der Waals surface area contributed by atoms with Crippen LogP contribution in [0.2, 0.25) is 10.0 Å². The van der Waals surface area contributed by atoms with Crippen LogP contribution in [0.5, 0.6) is 0 Å². The molecule has 0 saturated heterocycles. The van der Waals surface area contributed by atoms with Crippen molar-refractivity contribution in [3.63, 3.8) is 0 Å². The third-order valence-corrected chi connectivity index (χ3v) is 5.54. The molecular weight excluding hydrogens is 313 g/mol. The minimum atomic E-state index is -1.21. The van der Waals surface area contributed by atoms with Crippen molar-refractivity contribution in [1.82, 2.24) is 5.32 Å². The van der Waals surface area contributed by atoms with Gasteiger partial charge in [-0.1, -0.05) is 57.0 Å². The molecule has 0 aliphatic rings. The van der Waals surface area contributed by atoms with Crippen molar-refractivity contribution in [2.24, 2.45) is 5.41 Å². The maximum absolute atomic E-state index is 12.6. The number of rotatable bonds is 6. The topological polar surface area (TPSA) is 29.1 Å². The van der Waals surface area contributed by atoms with Gasteiger partial charge in [0.05, 0.1) is 25.7 Å². The first-order valence-corrected chi connectivity index (χ1v) is 8.90. The molecule has 1 aromatic rings. The molecule has 2 nitrogen and oxygen atoms in total. The molecule has 5 heteroatoms. The normalized spacial score (nSPS) is 15.1. The van der Waals surface area contributed by atoms with Crippen LogP contribution in [0.4, 0.5) is 0 Å². The lowest BCUT2D eigenvalue weighted by molar-refractivity contribution is 0.290. The predicted molar refractivity (Wildman–Crippen MR) is 89.3 cm³/mol. The second-order valence-electron chi connectivity index (χ2n) is 5.94. The second kappa shape index (κ2) is 7.79. The first-order chi connectivity index (χ1) is 9.27. The quantitative estimate of drug-likeness (QED) is 0.828. The third-order valence-electron chi connectivity index (χ3n) is 3.15. The Balaban J connectivity index is 2.91. The molecule has 0 fully saturated rings. The van der Waals surface area contributed by atoms with Crippen LogP contribution in [0.25, 0.3) is 0 Å². The summed E-state index contributed by atoms with van der Waals surface area (Å²) in [7, 11) is -1.21. The molecule has 0 bridgehead atoms. The van der Waals surface area contributed by atoms with Crippen LogP contribution in [0.15, 0.2) is 23.1 Å². The van der Waals surface area contributed by atoms with Crippen LogP contribution < -0.4 is 5.32 Å². The summed E-state index contributed by atoms with van der Waals surface area (Å²) in [6.45, 7) is 9.47. The molecule has 1 rings (SSSR count). The molecule has 2 atom stereocenters. The highest BCUT2D eigenvalue weighted by Gasteiger charge is 2.27. The van der Waals surface area contributed by atoms with Crippen molar-refractivity contribution in [2.45, 2.75) is 45.1 Å². The Morgan fingerprint density at radius 2 is 1.80 bits per heavy atom. The zero-order valence-electron chi connectivity index (χ0n) is 12.5. The van der Waals surface area contributed by atoms with Crippen LogP contribution in [-0.2, 0) is 10.8 Å². The van der Waals surface area contributed by atoms with Crippen LogP contribution in [0, 0.1) is 5.41 Å². The molecule has 1 aromatic carbocycles. The van der Waals surface area contributed by atoms with E-state index >= 15 is 0 Å². The van der Waals surface area contributed by atoms with Crippen LogP contribution in [-0.4, -0.2) is 22.5 Å². The Kier molecular flexibility index (Phi) is 6.99. The molecule has 2 unspecified atom stereocenters. The van der Waals surface area contributed by atoms with Crippen molar-refractivity contribution in [2.75, 3.05) is 12.3 Å². The SMILES string of the molecule is CCCNC(CS(=O)c1c(Cl)cccc1Cl)C(C)(C)C. The number of nitrogens with one attached hydrogen (secondary N) is 1. The van der Waals surface area contributed by atoms with E-state index in [0.29, 0.717) is 20.7 Å². The standard InChI is InChI=1S/C15H23Cl2NOS/c1-5-9-18-13(15(2,3)4)10-20(19)14-11(16)7-6-8-12(14)17/h6-8,13,18H,5,9-10H2,1-4H3. The van der Waals surface area contributed by atoms with Crippen LogP contribution in [0.1, 0.15) is 34.1 Å². The van der Waals surface area contributed by atoms with E-state index in [4.69, 9.17) is 23.2 Å². The first-order valence-electron chi connectivity index (χ1n) is 6.83. The summed E-state index contributed by atoms with van der Waals surface area (Å²) >= 11 is 12.3. The second-order valence-corrected chi connectivity index (χ2v) is 8.18. The Morgan fingerprint density at radius 3 is 2.25 bits per heavy atom. The van der Waals surface area contributed by atoms with Gasteiger partial charge in [-0.15, -0.1) is 0 Å². The maximum atomic E-state index is 12.6. The van der Waals surface area contributed by atoms with Gasteiger partial charge in [-0.25, -0.2) is 0 Å². The van der Waals surface area contributed by atoms with Gasteiger partial charge in [-0.2, -0.15) is 0 Å². The maximum Gasteiger partial charge on any atom is 0.0760 e. The van der Waals surface area contributed by atoms with E-state index in [1.54, 1.807) is 18.2 Å². The van der Waals surface area contributed by atoms with Gasteiger partial charge >= 0.3 is 0 Å². The van der Waals surface area contributed by atoms with Crippen molar-refractivity contribution in [3.05, 3.63) is 28.2 Å². The molecule has 0 amide bonds. The molecule has 20 heavy (non-hydrogen) atoms. The van der Waals surface area contributed by atoms with E-state index in [1.165, 1.54) is 0 Å². The van der Waals surface area contributed by atoms with Gasteiger partial charge in [0.15, 0.2) is 0 Å². The molecule has 114 valence electrons. The van der Waals surface area contributed by atoms with Gasteiger partial charge in [0.2, 0.25) is 0 Å². The predicted octanol–water partition coefficient (Wildman–Crippen LogP) is 4.52. The molecule has 0 radical (unpaired) electrons. The summed E-state index contributed by atoms with van der Waals surface area (Å²) < 4.78 is 12.6. The zero-order chi connectivity index (χ0) is 15.3. The minimum absolute atomic E-state index is 0.0264. The van der Waals surface area contributed by atoms with Crippen molar-refractivity contribution < 1.29 is 4.21 Å². The fourth-order valence-corrected chi connectivity index (χ4v) is 4.44. The molecule has 0 spiro atoms. The molecule has 0 aromatic heterocycles. The van der Waals surface area contributed by atoms with Gasteiger partial charge in [0, 0.05) is 11.8 Å². The summed E-state index contributed by atoms with van der Waals surface area (Å²) in [6.07, 6.45) is 1.05. The van der Waals surface area contributed by atoms with Crippen molar-refractivity contribution >= 4 is 34.0 Å². The van der Waals surface area contributed by atoms with E-state index in [2.05, 4.69) is 33.0 Å². The summed E-state index contributed by atoms with van der Waals surface area (Å²) in [4.78, 5) is 0.545. The molecule has 0 aliphatic heterocycles. The molecule has 1 N–H and O–H groups in total. The Bertz CT molecular complexity index is 451. The fraction of sp³-hybridized carbons (Fsp3) is 0.600. The molecular formula is C15H23Cl2NOS. The minimum Gasteiger partial charge on any atom is -0.313 e. The van der Waals surface area contributed by atoms with E-state index in [0.717, 1.165) is 13.0 Å². The van der Waals surface area contributed by atoms with Gasteiger partial charge in [0.1, 0.15) is 0 Å². The number of hydrogen-bond acceptors (Lipinski definition) is 2. The third kappa shape index (κ3) is 5.03. The van der Waals surface area contributed by atoms with E-state index in [-0.39, 0.29) is 11.5 Å². The van der Waals surface area contributed by atoms with Crippen LogP contribution in [0.3, 0.4) is 0 Å². The highest BCUT2D eigenvalue weighted by atomic mass is 35.5. The Hall–Kier alpha value is -0.0900. The number of halogens is 2.